The fourth-order valence-electron chi connectivity index (χ4n) is 3.55. The lowest BCUT2D eigenvalue weighted by molar-refractivity contribution is -0.130. The van der Waals surface area contributed by atoms with E-state index in [2.05, 4.69) is 28.6 Å². The van der Waals surface area contributed by atoms with E-state index in [1.165, 1.54) is 16.0 Å². The van der Waals surface area contributed by atoms with Crippen LogP contribution in [-0.4, -0.2) is 34.0 Å². The first-order valence-corrected chi connectivity index (χ1v) is 9.88. The average molecular weight is 366 g/mol. The summed E-state index contributed by atoms with van der Waals surface area (Å²) in [5, 5.41) is 12.8. The molecule has 2 N–H and O–H groups in total. The first-order valence-electron chi connectivity index (χ1n) is 9.00. The van der Waals surface area contributed by atoms with Crippen molar-refractivity contribution in [1.82, 2.24) is 9.88 Å². The van der Waals surface area contributed by atoms with Gasteiger partial charge in [-0.1, -0.05) is 12.1 Å². The summed E-state index contributed by atoms with van der Waals surface area (Å²) in [6.07, 6.45) is 7.39. The van der Waals surface area contributed by atoms with E-state index < -0.39 is 0 Å². The van der Waals surface area contributed by atoms with Crippen molar-refractivity contribution in [1.29, 1.82) is 0 Å². The molecule has 2 aromatic heterocycles. The van der Waals surface area contributed by atoms with Gasteiger partial charge in [-0.25, -0.2) is 0 Å². The number of aromatic hydroxyl groups is 1. The first kappa shape index (κ1) is 16.9. The predicted octanol–water partition coefficient (Wildman–Crippen LogP) is 4.57. The number of H-pyrrole nitrogens is 1. The second kappa shape index (κ2) is 7.38. The molecule has 0 radical (unpaired) electrons. The van der Waals surface area contributed by atoms with Crippen molar-refractivity contribution in [3.8, 4) is 5.75 Å². The molecule has 0 saturated carbocycles. The highest BCUT2D eigenvalue weighted by molar-refractivity contribution is 7.11. The summed E-state index contributed by atoms with van der Waals surface area (Å²) in [6.45, 7) is 1.54. The van der Waals surface area contributed by atoms with E-state index in [9.17, 15) is 9.90 Å². The summed E-state index contributed by atoms with van der Waals surface area (Å²) in [4.78, 5) is 19.0. The van der Waals surface area contributed by atoms with Crippen molar-refractivity contribution in [2.75, 3.05) is 13.1 Å². The quantitative estimate of drug-likeness (QED) is 0.695. The number of carbonyl (C=O) groups is 1. The lowest BCUT2D eigenvalue weighted by atomic mass is 10.0. The van der Waals surface area contributed by atoms with Gasteiger partial charge in [-0.05, 0) is 54.0 Å². The van der Waals surface area contributed by atoms with Gasteiger partial charge >= 0.3 is 0 Å². The topological polar surface area (TPSA) is 56.3 Å². The zero-order chi connectivity index (χ0) is 17.9. The molecule has 0 bridgehead atoms. The zero-order valence-electron chi connectivity index (χ0n) is 14.6. The molecule has 26 heavy (non-hydrogen) atoms. The number of nitrogens with one attached hydrogen (secondary N) is 1. The van der Waals surface area contributed by atoms with E-state index in [4.69, 9.17) is 0 Å². The van der Waals surface area contributed by atoms with Crippen LogP contribution >= 0.6 is 11.3 Å². The first-order chi connectivity index (χ1) is 12.7. The zero-order valence-corrected chi connectivity index (χ0v) is 15.4. The molecule has 1 amide bonds. The van der Waals surface area contributed by atoms with E-state index in [1.54, 1.807) is 23.5 Å². The Bertz CT molecular complexity index is 940. The van der Waals surface area contributed by atoms with Gasteiger partial charge in [0.1, 0.15) is 5.75 Å². The molecule has 0 aliphatic carbocycles. The molecule has 0 unspecified atom stereocenters. The van der Waals surface area contributed by atoms with Crippen molar-refractivity contribution in [3.05, 3.63) is 58.4 Å². The number of phenolic OH excluding ortho intramolecular Hbond substituents is 1. The minimum atomic E-state index is 0.240. The fraction of sp³-hybridized carbons (Fsp3) is 0.286. The van der Waals surface area contributed by atoms with Crippen LogP contribution < -0.4 is 0 Å². The van der Waals surface area contributed by atoms with Gasteiger partial charge in [0.2, 0.25) is 5.91 Å². The predicted molar refractivity (Wildman–Crippen MR) is 106 cm³/mol. The second-order valence-electron chi connectivity index (χ2n) is 6.69. The number of hydrogen-bond donors (Lipinski definition) is 2. The van der Waals surface area contributed by atoms with Crippen molar-refractivity contribution >= 4 is 33.7 Å². The molecule has 1 aromatic carbocycles. The summed E-state index contributed by atoms with van der Waals surface area (Å²) in [7, 11) is 0. The van der Waals surface area contributed by atoms with Crippen LogP contribution in [0.1, 0.15) is 29.7 Å². The molecule has 0 spiro atoms. The SMILES string of the molecule is O=C(CCCc1c[nH]c2cc(O)ccc12)N1CC=C(c2cccs2)CC1. The van der Waals surface area contributed by atoms with E-state index >= 15 is 0 Å². The molecule has 0 atom stereocenters. The number of hydrogen-bond acceptors (Lipinski definition) is 3. The Hall–Kier alpha value is -2.53. The number of rotatable bonds is 5. The van der Waals surface area contributed by atoms with Crippen LogP contribution in [0.2, 0.25) is 0 Å². The van der Waals surface area contributed by atoms with Gasteiger partial charge in [-0.3, -0.25) is 4.79 Å². The van der Waals surface area contributed by atoms with Crippen molar-refractivity contribution in [2.45, 2.75) is 25.7 Å². The molecule has 3 heterocycles. The summed E-state index contributed by atoms with van der Waals surface area (Å²) in [6, 6.07) is 9.59. The van der Waals surface area contributed by atoms with Gasteiger partial charge in [-0.15, -0.1) is 11.3 Å². The van der Waals surface area contributed by atoms with Gasteiger partial charge in [0, 0.05) is 47.6 Å². The van der Waals surface area contributed by atoms with Crippen LogP contribution in [0, 0.1) is 0 Å². The normalized spacial score (nSPS) is 14.6. The molecule has 1 aliphatic rings. The lowest BCUT2D eigenvalue weighted by Crippen LogP contribution is -2.34. The number of aryl methyl sites for hydroxylation is 1. The highest BCUT2D eigenvalue weighted by atomic mass is 32.1. The highest BCUT2D eigenvalue weighted by Crippen LogP contribution is 2.27. The van der Waals surface area contributed by atoms with Gasteiger partial charge in [0.15, 0.2) is 0 Å². The number of thiophene rings is 1. The number of fused-ring (bicyclic) bond motifs is 1. The lowest BCUT2D eigenvalue weighted by Gasteiger charge is -2.26. The summed E-state index contributed by atoms with van der Waals surface area (Å²) in [5.41, 5.74) is 3.51. The molecule has 0 fully saturated rings. The largest absolute Gasteiger partial charge is 0.508 e. The number of phenols is 1. The molecular weight excluding hydrogens is 344 g/mol. The standard InChI is InChI=1S/C21H22N2O2S/c24-17-6-7-18-16(14-22-19(18)13-17)3-1-5-21(25)23-10-8-15(9-11-23)20-4-2-12-26-20/h2,4,6-8,12-14,22,24H,1,3,5,9-11H2. The number of aromatic nitrogens is 1. The summed E-state index contributed by atoms with van der Waals surface area (Å²) >= 11 is 1.76. The maximum Gasteiger partial charge on any atom is 0.222 e. The number of carbonyl (C=O) groups excluding carboxylic acids is 1. The summed E-state index contributed by atoms with van der Waals surface area (Å²) < 4.78 is 0. The molecule has 4 rings (SSSR count). The monoisotopic (exact) mass is 366 g/mol. The number of amides is 1. The number of nitrogens with zero attached hydrogens (tertiary/aromatic N) is 1. The van der Waals surface area contributed by atoms with Gasteiger partial charge in [0.05, 0.1) is 0 Å². The van der Waals surface area contributed by atoms with Gasteiger partial charge in [-0.2, -0.15) is 0 Å². The Labute approximate surface area is 156 Å². The third-order valence-corrected chi connectivity index (χ3v) is 5.93. The van der Waals surface area contributed by atoms with Crippen LogP contribution in [0.4, 0.5) is 0 Å². The minimum Gasteiger partial charge on any atom is -0.508 e. The molecule has 5 heteroatoms. The molecule has 3 aromatic rings. The van der Waals surface area contributed by atoms with Gasteiger partial charge in [0.25, 0.3) is 0 Å². The van der Waals surface area contributed by atoms with E-state index in [0.29, 0.717) is 6.42 Å². The van der Waals surface area contributed by atoms with E-state index in [-0.39, 0.29) is 11.7 Å². The number of aromatic amines is 1. The van der Waals surface area contributed by atoms with Crippen LogP contribution in [0.25, 0.3) is 16.5 Å². The second-order valence-corrected chi connectivity index (χ2v) is 7.64. The Morgan fingerprint density at radius 1 is 1.31 bits per heavy atom. The Balaban J connectivity index is 1.30. The van der Waals surface area contributed by atoms with Crippen LogP contribution in [0.15, 0.2) is 48.0 Å². The Morgan fingerprint density at radius 3 is 3.00 bits per heavy atom. The Morgan fingerprint density at radius 2 is 2.23 bits per heavy atom. The van der Waals surface area contributed by atoms with Crippen LogP contribution in [0.3, 0.4) is 0 Å². The maximum atomic E-state index is 12.5. The molecule has 4 nitrogen and oxygen atoms in total. The van der Waals surface area contributed by atoms with E-state index in [0.717, 1.165) is 43.3 Å². The Kier molecular flexibility index (Phi) is 4.80. The van der Waals surface area contributed by atoms with Crippen molar-refractivity contribution in [2.24, 2.45) is 0 Å². The van der Waals surface area contributed by atoms with E-state index in [1.807, 2.05) is 17.2 Å². The molecule has 134 valence electrons. The number of benzene rings is 1. The maximum absolute atomic E-state index is 12.5. The fourth-order valence-corrected chi connectivity index (χ4v) is 4.35. The minimum absolute atomic E-state index is 0.240. The molecule has 1 aliphatic heterocycles. The van der Waals surface area contributed by atoms with Gasteiger partial charge < -0.3 is 15.0 Å². The molecular formula is C21H22N2O2S. The third kappa shape index (κ3) is 3.53. The molecule has 0 saturated heterocycles. The third-order valence-electron chi connectivity index (χ3n) is 4.99. The summed E-state index contributed by atoms with van der Waals surface area (Å²) in [5.74, 6) is 0.505. The van der Waals surface area contributed by atoms with Crippen LogP contribution in [0.5, 0.6) is 5.75 Å². The smallest absolute Gasteiger partial charge is 0.222 e. The van der Waals surface area contributed by atoms with Crippen molar-refractivity contribution < 1.29 is 9.90 Å². The highest BCUT2D eigenvalue weighted by Gasteiger charge is 2.18. The average Bonchev–Trinajstić information content (AvgIpc) is 3.32. The van der Waals surface area contributed by atoms with Crippen LogP contribution in [-0.2, 0) is 11.2 Å². The van der Waals surface area contributed by atoms with Crippen molar-refractivity contribution in [3.63, 3.8) is 0 Å².